The number of nitrogens with one attached hydrogen (secondary N) is 1. The Morgan fingerprint density at radius 1 is 0.943 bits per heavy atom. The first-order valence-electron chi connectivity index (χ1n) is 12.2. The van der Waals surface area contributed by atoms with Crippen molar-refractivity contribution in [1.29, 1.82) is 0 Å². The molecule has 4 fully saturated rings. The zero-order valence-corrected chi connectivity index (χ0v) is 19.6. The van der Waals surface area contributed by atoms with E-state index in [2.05, 4.69) is 9.97 Å². The van der Waals surface area contributed by atoms with Crippen molar-refractivity contribution in [1.82, 2.24) is 15.0 Å². The van der Waals surface area contributed by atoms with Crippen molar-refractivity contribution in [3.05, 3.63) is 59.8 Å². The fraction of sp³-hybridized carbons (Fsp3) is 0.481. The van der Waals surface area contributed by atoms with Gasteiger partial charge in [0.1, 0.15) is 12.4 Å². The van der Waals surface area contributed by atoms with Crippen molar-refractivity contribution in [2.24, 2.45) is 17.8 Å². The highest BCUT2D eigenvalue weighted by Crippen LogP contribution is 2.60. The molecular weight excluding hydrogens is 455 g/mol. The molecule has 1 N–H and O–H groups in total. The van der Waals surface area contributed by atoms with Crippen molar-refractivity contribution >= 4 is 0 Å². The summed E-state index contributed by atoms with van der Waals surface area (Å²) >= 11 is 0. The minimum Gasteiger partial charge on any atom is -0.493 e. The molecule has 4 saturated carbocycles. The van der Waals surface area contributed by atoms with Crippen LogP contribution in [-0.4, -0.2) is 22.1 Å². The number of hydrogen-bond acceptors (Lipinski definition) is 4. The first-order chi connectivity index (χ1) is 16.8. The van der Waals surface area contributed by atoms with Gasteiger partial charge in [-0.25, -0.2) is 4.98 Å². The van der Waals surface area contributed by atoms with E-state index in [-0.39, 0.29) is 12.0 Å². The quantitative estimate of drug-likeness (QED) is 0.432. The normalized spacial score (nSPS) is 27.3. The molecule has 0 aliphatic heterocycles. The van der Waals surface area contributed by atoms with Crippen molar-refractivity contribution < 1.29 is 22.6 Å². The highest BCUT2D eigenvalue weighted by molar-refractivity contribution is 5.63. The average Bonchev–Trinajstić information content (AvgIpc) is 3.33. The lowest BCUT2D eigenvalue weighted by molar-refractivity contribution is -0.137. The number of ether oxygens (including phenoxy) is 2. The topological polar surface area (TPSA) is 60.0 Å². The highest BCUT2D eigenvalue weighted by atomic mass is 19.4. The number of aromatic nitrogens is 3. The van der Waals surface area contributed by atoms with Gasteiger partial charge in [-0.15, -0.1) is 0 Å². The molecule has 4 aliphatic rings. The summed E-state index contributed by atoms with van der Waals surface area (Å²) in [5, 5.41) is 0. The van der Waals surface area contributed by atoms with Gasteiger partial charge in [0.15, 0.2) is 11.5 Å². The SMILES string of the molecule is COc1cc(-c2cnc(C34CC5CC(CC(C5)C3)C4)[nH]2)ccc1OCc1ccc(C(F)(F)F)cn1. The number of halogens is 3. The number of benzene rings is 1. The molecule has 7 rings (SSSR count). The zero-order valence-electron chi connectivity index (χ0n) is 19.6. The summed E-state index contributed by atoms with van der Waals surface area (Å²) in [6.45, 7) is 0.0358. The number of nitrogens with zero attached hydrogens (tertiary/aromatic N) is 2. The van der Waals surface area contributed by atoms with Crippen LogP contribution in [0.5, 0.6) is 11.5 Å². The molecule has 0 unspecified atom stereocenters. The lowest BCUT2D eigenvalue weighted by Gasteiger charge is -2.56. The molecule has 35 heavy (non-hydrogen) atoms. The lowest BCUT2D eigenvalue weighted by atomic mass is 9.49. The molecular formula is C27H28F3N3O2. The Labute approximate surface area is 202 Å². The van der Waals surface area contributed by atoms with Crippen molar-refractivity contribution in [3.8, 4) is 22.8 Å². The van der Waals surface area contributed by atoms with E-state index >= 15 is 0 Å². The summed E-state index contributed by atoms with van der Waals surface area (Å²) in [6, 6.07) is 7.97. The summed E-state index contributed by atoms with van der Waals surface area (Å²) < 4.78 is 49.6. The molecule has 4 bridgehead atoms. The molecule has 184 valence electrons. The molecule has 4 aliphatic carbocycles. The summed E-state index contributed by atoms with van der Waals surface area (Å²) in [5.41, 5.74) is 1.72. The number of alkyl halides is 3. The number of pyridine rings is 1. The van der Waals surface area contributed by atoms with E-state index in [1.165, 1.54) is 44.6 Å². The van der Waals surface area contributed by atoms with Crippen LogP contribution in [0.25, 0.3) is 11.3 Å². The molecule has 3 aromatic rings. The standard InChI is InChI=1S/C27H28F3N3O2/c1-34-24-9-19(2-5-23(24)35-15-21-4-3-20(13-31-21)27(28,29)30)22-14-32-25(33-22)26-10-16-6-17(11-26)8-18(7-16)12-26/h2-5,9,13-14,16-18H,6-8,10-12,15H2,1H3,(H,32,33). The zero-order chi connectivity index (χ0) is 24.2. The van der Waals surface area contributed by atoms with Crippen LogP contribution >= 0.6 is 0 Å². The van der Waals surface area contributed by atoms with Crippen LogP contribution in [0.4, 0.5) is 13.2 Å². The van der Waals surface area contributed by atoms with E-state index in [0.29, 0.717) is 17.2 Å². The first-order valence-corrected chi connectivity index (χ1v) is 12.2. The average molecular weight is 484 g/mol. The lowest BCUT2D eigenvalue weighted by Crippen LogP contribution is -2.49. The predicted octanol–water partition coefficient (Wildman–Crippen LogP) is 6.55. The number of methoxy groups -OCH3 is 1. The van der Waals surface area contributed by atoms with Crippen LogP contribution in [0.15, 0.2) is 42.7 Å². The van der Waals surface area contributed by atoms with Gasteiger partial charge >= 0.3 is 6.18 Å². The largest absolute Gasteiger partial charge is 0.493 e. The number of rotatable bonds is 6. The molecule has 8 heteroatoms. The van der Waals surface area contributed by atoms with E-state index in [0.717, 1.165) is 47.1 Å². The fourth-order valence-corrected chi connectivity index (χ4v) is 6.92. The van der Waals surface area contributed by atoms with Crippen LogP contribution in [-0.2, 0) is 18.2 Å². The molecule has 0 spiro atoms. The van der Waals surface area contributed by atoms with Gasteiger partial charge < -0.3 is 14.5 Å². The van der Waals surface area contributed by atoms with E-state index in [4.69, 9.17) is 14.5 Å². The number of aromatic amines is 1. The Bertz CT molecular complexity index is 1180. The van der Waals surface area contributed by atoms with Crippen molar-refractivity contribution in [3.63, 3.8) is 0 Å². The predicted molar refractivity (Wildman–Crippen MR) is 124 cm³/mol. The molecule has 0 radical (unpaired) electrons. The van der Waals surface area contributed by atoms with Gasteiger partial charge in [0, 0.05) is 17.2 Å². The van der Waals surface area contributed by atoms with Crippen LogP contribution in [0, 0.1) is 17.8 Å². The van der Waals surface area contributed by atoms with Gasteiger partial charge in [0.25, 0.3) is 0 Å². The number of hydrogen-bond donors (Lipinski definition) is 1. The minimum atomic E-state index is -4.41. The maximum Gasteiger partial charge on any atom is 0.417 e. The van der Waals surface area contributed by atoms with Gasteiger partial charge in [0.05, 0.1) is 30.3 Å². The van der Waals surface area contributed by atoms with Crippen LogP contribution in [0.3, 0.4) is 0 Å². The number of imidazole rings is 1. The second kappa shape index (κ2) is 8.28. The molecule has 0 amide bonds. The second-order valence-electron chi connectivity index (χ2n) is 10.5. The Hall–Kier alpha value is -3.03. The third-order valence-electron chi connectivity index (χ3n) is 8.12. The maximum atomic E-state index is 12.7. The summed E-state index contributed by atoms with van der Waals surface area (Å²) in [4.78, 5) is 12.3. The van der Waals surface area contributed by atoms with Gasteiger partial charge in [0.2, 0.25) is 0 Å². The second-order valence-corrected chi connectivity index (χ2v) is 10.5. The van der Waals surface area contributed by atoms with Crippen molar-refractivity contribution in [2.45, 2.75) is 56.7 Å². The summed E-state index contributed by atoms with van der Waals surface area (Å²) in [6.07, 6.45) is 6.26. The van der Waals surface area contributed by atoms with E-state index < -0.39 is 11.7 Å². The van der Waals surface area contributed by atoms with Gasteiger partial charge in [-0.3, -0.25) is 4.98 Å². The fourth-order valence-electron chi connectivity index (χ4n) is 6.92. The van der Waals surface area contributed by atoms with Crippen molar-refractivity contribution in [2.75, 3.05) is 7.11 Å². The Kier molecular flexibility index (Phi) is 5.31. The molecule has 1 aromatic carbocycles. The van der Waals surface area contributed by atoms with Gasteiger partial charge in [-0.05, 0) is 86.6 Å². The van der Waals surface area contributed by atoms with Crippen LogP contribution in [0.2, 0.25) is 0 Å². The first kappa shape index (κ1) is 22.4. The molecule has 0 saturated heterocycles. The third-order valence-corrected chi connectivity index (χ3v) is 8.12. The van der Waals surface area contributed by atoms with Gasteiger partial charge in [-0.2, -0.15) is 13.2 Å². The Morgan fingerprint density at radius 2 is 1.66 bits per heavy atom. The molecule has 5 nitrogen and oxygen atoms in total. The van der Waals surface area contributed by atoms with Crippen LogP contribution < -0.4 is 9.47 Å². The molecule has 2 heterocycles. The highest BCUT2D eigenvalue weighted by Gasteiger charge is 2.53. The molecule has 0 atom stereocenters. The van der Waals surface area contributed by atoms with Crippen LogP contribution in [0.1, 0.15) is 55.6 Å². The van der Waals surface area contributed by atoms with E-state index in [1.807, 2.05) is 24.4 Å². The third kappa shape index (κ3) is 4.17. The maximum absolute atomic E-state index is 12.7. The number of H-pyrrole nitrogens is 1. The monoisotopic (exact) mass is 483 g/mol. The van der Waals surface area contributed by atoms with E-state index in [1.54, 1.807) is 7.11 Å². The summed E-state index contributed by atoms with van der Waals surface area (Å²) in [7, 11) is 1.57. The minimum absolute atomic E-state index is 0.0358. The van der Waals surface area contributed by atoms with E-state index in [9.17, 15) is 13.2 Å². The van der Waals surface area contributed by atoms with Gasteiger partial charge in [-0.1, -0.05) is 0 Å². The Morgan fingerprint density at radius 3 is 2.26 bits per heavy atom. The molecule has 2 aromatic heterocycles. The smallest absolute Gasteiger partial charge is 0.417 e. The Balaban J connectivity index is 1.18. The summed E-state index contributed by atoms with van der Waals surface area (Å²) in [5.74, 6) is 4.72.